The zero-order valence-corrected chi connectivity index (χ0v) is 8.30. The van der Waals surface area contributed by atoms with Crippen molar-refractivity contribution in [1.29, 1.82) is 0 Å². The van der Waals surface area contributed by atoms with Gasteiger partial charge < -0.3 is 4.90 Å². The first kappa shape index (κ1) is 9.05. The largest absolute Gasteiger partial charge is 0.306 e. The van der Waals surface area contributed by atoms with Crippen LogP contribution in [0.15, 0.2) is 0 Å². The van der Waals surface area contributed by atoms with Gasteiger partial charge in [0.05, 0.1) is 0 Å². The maximum Gasteiger partial charge on any atom is 0.0120 e. The molecule has 11 heavy (non-hydrogen) atoms. The molecule has 0 N–H and O–H groups in total. The van der Waals surface area contributed by atoms with Crippen LogP contribution in [0.4, 0.5) is 0 Å². The molecule has 1 fully saturated rings. The van der Waals surface area contributed by atoms with Crippen LogP contribution in [0.25, 0.3) is 0 Å². The maximum atomic E-state index is 2.40. The summed E-state index contributed by atoms with van der Waals surface area (Å²) in [5.41, 5.74) is 0. The topological polar surface area (TPSA) is 3.24 Å². The molecule has 0 aromatic rings. The molecule has 0 aromatic carbocycles. The van der Waals surface area contributed by atoms with Gasteiger partial charge in [0.2, 0.25) is 0 Å². The first-order chi connectivity index (χ1) is 5.13. The summed E-state index contributed by atoms with van der Waals surface area (Å²) in [6.07, 6.45) is 4.29. The SMILES string of the molecule is CC(C)[C@@H]1CCC[C@H]1N(C)C. The van der Waals surface area contributed by atoms with E-state index in [1.54, 1.807) is 0 Å². The Hall–Kier alpha value is -0.0400. The third kappa shape index (κ3) is 1.96. The van der Waals surface area contributed by atoms with E-state index < -0.39 is 0 Å². The van der Waals surface area contributed by atoms with Gasteiger partial charge in [0, 0.05) is 6.04 Å². The van der Waals surface area contributed by atoms with Crippen LogP contribution in [-0.4, -0.2) is 25.0 Å². The molecule has 0 radical (unpaired) electrons. The van der Waals surface area contributed by atoms with Crippen LogP contribution in [0.2, 0.25) is 0 Å². The van der Waals surface area contributed by atoms with E-state index in [4.69, 9.17) is 0 Å². The fourth-order valence-electron chi connectivity index (χ4n) is 2.39. The Balaban J connectivity index is 2.51. The van der Waals surface area contributed by atoms with Crippen molar-refractivity contribution in [3.05, 3.63) is 0 Å². The summed E-state index contributed by atoms with van der Waals surface area (Å²) in [6, 6.07) is 0.856. The Morgan fingerprint density at radius 3 is 2.18 bits per heavy atom. The van der Waals surface area contributed by atoms with Crippen LogP contribution in [0.5, 0.6) is 0 Å². The summed E-state index contributed by atoms with van der Waals surface area (Å²) in [6.45, 7) is 4.71. The van der Waals surface area contributed by atoms with Gasteiger partial charge in [-0.25, -0.2) is 0 Å². The second-order valence-corrected chi connectivity index (χ2v) is 4.37. The lowest BCUT2D eigenvalue weighted by molar-refractivity contribution is 0.199. The average molecular weight is 155 g/mol. The van der Waals surface area contributed by atoms with Gasteiger partial charge in [0.25, 0.3) is 0 Å². The lowest BCUT2D eigenvalue weighted by Crippen LogP contribution is -2.33. The predicted molar refractivity (Wildman–Crippen MR) is 49.7 cm³/mol. The Labute approximate surface area is 70.8 Å². The molecule has 1 rings (SSSR count). The molecule has 0 aromatic heterocycles. The van der Waals surface area contributed by atoms with Gasteiger partial charge in [-0.2, -0.15) is 0 Å². The number of nitrogens with zero attached hydrogens (tertiary/aromatic N) is 1. The smallest absolute Gasteiger partial charge is 0.0120 e. The van der Waals surface area contributed by atoms with E-state index >= 15 is 0 Å². The highest BCUT2D eigenvalue weighted by Gasteiger charge is 2.30. The number of hydrogen-bond donors (Lipinski definition) is 0. The van der Waals surface area contributed by atoms with Crippen LogP contribution in [-0.2, 0) is 0 Å². The molecule has 2 atom stereocenters. The minimum absolute atomic E-state index is 0.856. The van der Waals surface area contributed by atoms with Crippen molar-refractivity contribution in [1.82, 2.24) is 4.90 Å². The summed E-state index contributed by atoms with van der Waals surface area (Å²) < 4.78 is 0. The molecule has 0 bridgehead atoms. The molecule has 66 valence electrons. The van der Waals surface area contributed by atoms with Crippen LogP contribution < -0.4 is 0 Å². The quantitative estimate of drug-likeness (QED) is 0.592. The van der Waals surface area contributed by atoms with Crippen molar-refractivity contribution < 1.29 is 0 Å². The van der Waals surface area contributed by atoms with Crippen molar-refractivity contribution in [2.75, 3.05) is 14.1 Å². The van der Waals surface area contributed by atoms with Gasteiger partial charge in [-0.3, -0.25) is 0 Å². The zero-order valence-electron chi connectivity index (χ0n) is 8.30. The van der Waals surface area contributed by atoms with E-state index in [9.17, 15) is 0 Å². The molecule has 1 nitrogen and oxygen atoms in total. The van der Waals surface area contributed by atoms with Gasteiger partial charge in [-0.15, -0.1) is 0 Å². The Morgan fingerprint density at radius 1 is 1.18 bits per heavy atom. The van der Waals surface area contributed by atoms with Crippen LogP contribution in [0.3, 0.4) is 0 Å². The fourth-order valence-corrected chi connectivity index (χ4v) is 2.39. The van der Waals surface area contributed by atoms with Crippen molar-refractivity contribution in [3.63, 3.8) is 0 Å². The molecule has 0 unspecified atom stereocenters. The fraction of sp³-hybridized carbons (Fsp3) is 1.00. The minimum atomic E-state index is 0.856. The highest BCUT2D eigenvalue weighted by atomic mass is 15.1. The molecule has 0 heterocycles. The lowest BCUT2D eigenvalue weighted by Gasteiger charge is -2.28. The normalized spacial score (nSPS) is 32.2. The molecule has 1 heteroatoms. The maximum absolute atomic E-state index is 2.40. The highest BCUT2D eigenvalue weighted by molar-refractivity contribution is 4.84. The van der Waals surface area contributed by atoms with E-state index in [-0.39, 0.29) is 0 Å². The summed E-state index contributed by atoms with van der Waals surface area (Å²) in [5, 5.41) is 0. The molecule has 0 spiro atoms. The van der Waals surface area contributed by atoms with E-state index in [2.05, 4.69) is 32.8 Å². The molecule has 1 saturated carbocycles. The monoisotopic (exact) mass is 155 g/mol. The Bertz CT molecular complexity index is 104. The minimum Gasteiger partial charge on any atom is -0.306 e. The second kappa shape index (κ2) is 3.57. The number of hydrogen-bond acceptors (Lipinski definition) is 1. The Morgan fingerprint density at radius 2 is 1.82 bits per heavy atom. The third-order valence-electron chi connectivity index (χ3n) is 3.05. The molecular weight excluding hydrogens is 134 g/mol. The predicted octanol–water partition coefficient (Wildman–Crippen LogP) is 2.37. The van der Waals surface area contributed by atoms with E-state index in [0.717, 1.165) is 17.9 Å². The lowest BCUT2D eigenvalue weighted by atomic mass is 9.90. The van der Waals surface area contributed by atoms with Crippen LogP contribution >= 0.6 is 0 Å². The molecule has 1 aliphatic carbocycles. The summed E-state index contributed by atoms with van der Waals surface area (Å²) in [7, 11) is 4.43. The van der Waals surface area contributed by atoms with Gasteiger partial charge >= 0.3 is 0 Å². The average Bonchev–Trinajstić information content (AvgIpc) is 2.32. The number of rotatable bonds is 2. The second-order valence-electron chi connectivity index (χ2n) is 4.37. The molecule has 0 saturated heterocycles. The van der Waals surface area contributed by atoms with Gasteiger partial charge in [-0.1, -0.05) is 20.3 Å². The van der Waals surface area contributed by atoms with Crippen LogP contribution in [0.1, 0.15) is 33.1 Å². The van der Waals surface area contributed by atoms with Crippen LogP contribution in [0, 0.1) is 11.8 Å². The summed E-state index contributed by atoms with van der Waals surface area (Å²) in [5.74, 6) is 1.81. The van der Waals surface area contributed by atoms with Crippen molar-refractivity contribution in [2.45, 2.75) is 39.2 Å². The van der Waals surface area contributed by atoms with Crippen molar-refractivity contribution in [3.8, 4) is 0 Å². The van der Waals surface area contributed by atoms with Gasteiger partial charge in [0.15, 0.2) is 0 Å². The highest BCUT2D eigenvalue weighted by Crippen LogP contribution is 2.33. The molecule has 1 aliphatic rings. The Kier molecular flexibility index (Phi) is 2.94. The van der Waals surface area contributed by atoms with E-state index in [1.165, 1.54) is 19.3 Å². The first-order valence-corrected chi connectivity index (χ1v) is 4.79. The molecule has 0 amide bonds. The molecular formula is C10H21N. The van der Waals surface area contributed by atoms with E-state index in [0.29, 0.717) is 0 Å². The van der Waals surface area contributed by atoms with Crippen molar-refractivity contribution in [2.24, 2.45) is 11.8 Å². The third-order valence-corrected chi connectivity index (χ3v) is 3.05. The van der Waals surface area contributed by atoms with Gasteiger partial charge in [0.1, 0.15) is 0 Å². The zero-order chi connectivity index (χ0) is 8.43. The van der Waals surface area contributed by atoms with E-state index in [1.807, 2.05) is 0 Å². The van der Waals surface area contributed by atoms with Crippen molar-refractivity contribution >= 4 is 0 Å². The van der Waals surface area contributed by atoms with Gasteiger partial charge in [-0.05, 0) is 38.8 Å². The standard InChI is InChI=1S/C10H21N/c1-8(2)9-6-5-7-10(9)11(3)4/h8-10H,5-7H2,1-4H3/t9-,10+/m0/s1. The summed E-state index contributed by atoms with van der Waals surface area (Å²) in [4.78, 5) is 2.40. The summed E-state index contributed by atoms with van der Waals surface area (Å²) >= 11 is 0. The molecule has 0 aliphatic heterocycles. The first-order valence-electron chi connectivity index (χ1n) is 4.79.